The predicted octanol–water partition coefficient (Wildman–Crippen LogP) is 10.6. The largest absolute Gasteiger partial charge is 0.449 e. The molecule has 0 rings (SSSR count). The summed E-state index contributed by atoms with van der Waals surface area (Å²) in [7, 11) is 0. The number of hydrogen-bond acceptors (Lipinski definition) is 4. The number of nitrogens with two attached hydrogens (primary N) is 1. The van der Waals surface area contributed by atoms with Gasteiger partial charge in [0.05, 0.1) is 6.61 Å². The molecule has 6 heteroatoms. The zero-order valence-electron chi connectivity index (χ0n) is 27.3. The summed E-state index contributed by atoms with van der Waals surface area (Å²) in [6.45, 7) is 7.01. The highest BCUT2D eigenvalue weighted by Crippen LogP contribution is 2.16. The smallest absolute Gasteiger partial charge is 0.410 e. The maximum absolute atomic E-state index is 13.0. The molecule has 0 spiro atoms. The number of carbonyl (C=O) groups is 2. The van der Waals surface area contributed by atoms with E-state index >= 15 is 0 Å². The lowest BCUT2D eigenvalue weighted by atomic mass is 10.0. The van der Waals surface area contributed by atoms with Gasteiger partial charge in [-0.2, -0.15) is 11.8 Å². The minimum atomic E-state index is -0.582. The molecule has 2 amide bonds. The van der Waals surface area contributed by atoms with E-state index in [0.717, 1.165) is 37.9 Å². The molecule has 0 bridgehead atoms. The lowest BCUT2D eigenvalue weighted by Gasteiger charge is -2.29. The summed E-state index contributed by atoms with van der Waals surface area (Å²) in [6, 6.07) is -0.582. The van der Waals surface area contributed by atoms with E-state index in [2.05, 4.69) is 13.5 Å². The van der Waals surface area contributed by atoms with E-state index in [0.29, 0.717) is 19.6 Å². The summed E-state index contributed by atoms with van der Waals surface area (Å²) in [5, 5.41) is 0. The molecule has 0 aliphatic carbocycles. The van der Waals surface area contributed by atoms with Crippen molar-refractivity contribution in [2.24, 2.45) is 5.73 Å². The van der Waals surface area contributed by atoms with Crippen LogP contribution in [0.25, 0.3) is 0 Å². The molecular weight excluding hydrogens is 528 g/mol. The van der Waals surface area contributed by atoms with E-state index in [4.69, 9.17) is 10.5 Å². The topological polar surface area (TPSA) is 72.6 Å². The van der Waals surface area contributed by atoms with Gasteiger partial charge in [-0.15, -0.1) is 6.58 Å². The molecule has 0 saturated heterocycles. The minimum Gasteiger partial charge on any atom is -0.449 e. The van der Waals surface area contributed by atoms with Crippen LogP contribution in [0.15, 0.2) is 12.7 Å². The highest BCUT2D eigenvalue weighted by molar-refractivity contribution is 7.98. The van der Waals surface area contributed by atoms with E-state index < -0.39 is 11.9 Å². The third-order valence-corrected chi connectivity index (χ3v) is 8.71. The predicted molar refractivity (Wildman–Crippen MR) is 181 cm³/mol. The molecular formula is C35H68N2O3S. The van der Waals surface area contributed by atoms with Crippen LogP contribution in [0.2, 0.25) is 0 Å². The first-order chi connectivity index (χ1) is 20.1. The average Bonchev–Trinajstić information content (AvgIpc) is 2.96. The molecule has 0 aliphatic heterocycles. The Hall–Kier alpha value is -1.17. The summed E-state index contributed by atoms with van der Waals surface area (Å²) in [6.07, 6.45) is 34.4. The molecule has 242 valence electrons. The lowest BCUT2D eigenvalue weighted by Crippen LogP contribution is -2.49. The number of unbranched alkanes of at least 4 members (excludes halogenated alkanes) is 22. The molecule has 0 radical (unpaired) electrons. The molecule has 0 aliphatic rings. The summed E-state index contributed by atoms with van der Waals surface area (Å²) >= 11 is 1.67. The molecule has 5 nitrogen and oxygen atoms in total. The van der Waals surface area contributed by atoms with Crippen LogP contribution in [0.5, 0.6) is 0 Å². The van der Waals surface area contributed by atoms with Crippen LogP contribution in [0.3, 0.4) is 0 Å². The third-order valence-electron chi connectivity index (χ3n) is 8.07. The first-order valence-corrected chi connectivity index (χ1v) is 18.8. The third kappa shape index (κ3) is 26.2. The Kier molecular flexibility index (Phi) is 30.9. The molecule has 0 aromatic heterocycles. The van der Waals surface area contributed by atoms with Crippen molar-refractivity contribution in [3.05, 3.63) is 12.7 Å². The van der Waals surface area contributed by atoms with Crippen LogP contribution >= 0.6 is 11.8 Å². The minimum absolute atomic E-state index is 0.375. The maximum atomic E-state index is 13.0. The van der Waals surface area contributed by atoms with Gasteiger partial charge in [0.2, 0.25) is 5.91 Å². The zero-order chi connectivity index (χ0) is 30.2. The highest BCUT2D eigenvalue weighted by Gasteiger charge is 2.28. The van der Waals surface area contributed by atoms with Crippen LogP contribution in [-0.4, -0.2) is 48.1 Å². The molecule has 2 N–H and O–H groups in total. The quantitative estimate of drug-likeness (QED) is 0.0619. The molecule has 0 heterocycles. The molecule has 1 unspecified atom stereocenters. The van der Waals surface area contributed by atoms with Gasteiger partial charge in [-0.1, -0.05) is 141 Å². The van der Waals surface area contributed by atoms with Crippen molar-refractivity contribution in [3.63, 3.8) is 0 Å². The number of rotatable bonds is 32. The van der Waals surface area contributed by atoms with E-state index in [9.17, 15) is 9.59 Å². The fourth-order valence-electron chi connectivity index (χ4n) is 5.40. The van der Waals surface area contributed by atoms with Gasteiger partial charge in [0.1, 0.15) is 6.04 Å². The number of primary amides is 1. The number of ether oxygens (including phenoxy) is 1. The SMILES string of the molecule is C=CCCCCCCCCCOC(=O)N(CCCCCCCCCCCCCCCCCC)C(CCSC)C(N)=O. The van der Waals surface area contributed by atoms with Crippen molar-refractivity contribution in [1.82, 2.24) is 4.90 Å². The van der Waals surface area contributed by atoms with Gasteiger partial charge in [-0.3, -0.25) is 9.69 Å². The highest BCUT2D eigenvalue weighted by atomic mass is 32.2. The molecule has 0 fully saturated rings. The molecule has 41 heavy (non-hydrogen) atoms. The van der Waals surface area contributed by atoms with E-state index in [1.807, 2.05) is 12.3 Å². The zero-order valence-corrected chi connectivity index (χ0v) is 28.1. The molecule has 0 aromatic carbocycles. The fraction of sp³-hybridized carbons (Fsp3) is 0.886. The second-order valence-corrected chi connectivity index (χ2v) is 12.8. The van der Waals surface area contributed by atoms with Crippen LogP contribution in [-0.2, 0) is 9.53 Å². The van der Waals surface area contributed by atoms with E-state index in [1.165, 1.54) is 122 Å². The van der Waals surface area contributed by atoms with Crippen LogP contribution in [0.1, 0.15) is 167 Å². The van der Waals surface area contributed by atoms with Gasteiger partial charge < -0.3 is 10.5 Å². The van der Waals surface area contributed by atoms with Crippen molar-refractivity contribution in [2.75, 3.05) is 25.2 Å². The molecule has 1 atom stereocenters. The normalized spacial score (nSPS) is 11.9. The van der Waals surface area contributed by atoms with E-state index in [1.54, 1.807) is 16.7 Å². The molecule has 0 saturated carbocycles. The van der Waals surface area contributed by atoms with Gasteiger partial charge in [0.25, 0.3) is 0 Å². The van der Waals surface area contributed by atoms with Gasteiger partial charge in [-0.05, 0) is 44.1 Å². The Morgan fingerprint density at radius 2 is 1.17 bits per heavy atom. The summed E-state index contributed by atoms with van der Waals surface area (Å²) < 4.78 is 5.62. The first kappa shape index (κ1) is 39.8. The van der Waals surface area contributed by atoms with Crippen molar-refractivity contribution in [1.29, 1.82) is 0 Å². The maximum Gasteiger partial charge on any atom is 0.410 e. The Morgan fingerprint density at radius 3 is 1.61 bits per heavy atom. The number of allylic oxidation sites excluding steroid dienone is 1. The second kappa shape index (κ2) is 31.8. The van der Waals surface area contributed by atoms with E-state index in [-0.39, 0.29) is 6.09 Å². The monoisotopic (exact) mass is 596 g/mol. The van der Waals surface area contributed by atoms with Crippen molar-refractivity contribution in [2.45, 2.75) is 173 Å². The fourth-order valence-corrected chi connectivity index (χ4v) is 5.86. The number of thioether (sulfide) groups is 1. The Labute approximate surface area is 259 Å². The van der Waals surface area contributed by atoms with Gasteiger partial charge in [0.15, 0.2) is 0 Å². The standard InChI is InChI=1S/C35H68N2O3S/c1-4-6-8-10-12-14-15-16-17-18-19-20-21-23-25-27-30-37(33(34(36)38)29-32-41-3)35(39)40-31-28-26-24-22-13-11-9-7-5-2/h5,33H,2,4,6-32H2,1,3H3,(H2,36,38). The van der Waals surface area contributed by atoms with Gasteiger partial charge in [0, 0.05) is 6.54 Å². The second-order valence-electron chi connectivity index (χ2n) is 11.9. The summed E-state index contributed by atoms with van der Waals surface area (Å²) in [4.78, 5) is 26.8. The Bertz CT molecular complexity index is 602. The lowest BCUT2D eigenvalue weighted by molar-refractivity contribution is -0.123. The number of nitrogens with zero attached hydrogens (tertiary/aromatic N) is 1. The summed E-state index contributed by atoms with van der Waals surface area (Å²) in [5.74, 6) is 0.368. The summed E-state index contributed by atoms with van der Waals surface area (Å²) in [5.41, 5.74) is 5.73. The van der Waals surface area contributed by atoms with Crippen LogP contribution < -0.4 is 5.73 Å². The van der Waals surface area contributed by atoms with Crippen LogP contribution in [0.4, 0.5) is 4.79 Å². The van der Waals surface area contributed by atoms with Crippen molar-refractivity contribution < 1.29 is 14.3 Å². The molecule has 0 aromatic rings. The Morgan fingerprint density at radius 1 is 0.732 bits per heavy atom. The first-order valence-electron chi connectivity index (χ1n) is 17.4. The van der Waals surface area contributed by atoms with Crippen molar-refractivity contribution in [3.8, 4) is 0 Å². The van der Waals surface area contributed by atoms with Crippen molar-refractivity contribution >= 4 is 23.8 Å². The Balaban J connectivity index is 4.11. The number of carbonyl (C=O) groups excluding carboxylic acids is 2. The van der Waals surface area contributed by atoms with Gasteiger partial charge >= 0.3 is 6.09 Å². The van der Waals surface area contributed by atoms with Crippen LogP contribution in [0, 0.1) is 0 Å². The average molecular weight is 597 g/mol. The number of hydrogen-bond donors (Lipinski definition) is 1. The van der Waals surface area contributed by atoms with Gasteiger partial charge in [-0.25, -0.2) is 4.79 Å². The number of amides is 2.